The van der Waals surface area contributed by atoms with Crippen molar-refractivity contribution in [2.24, 2.45) is 0 Å². The Morgan fingerprint density at radius 2 is 0.776 bits per heavy atom. The van der Waals surface area contributed by atoms with Gasteiger partial charge in [0.1, 0.15) is 0 Å². The normalized spacial score (nSPS) is 12.1. The highest BCUT2D eigenvalue weighted by molar-refractivity contribution is 7.26. The zero-order chi connectivity index (χ0) is 38.2. The van der Waals surface area contributed by atoms with Gasteiger partial charge in [-0.2, -0.15) is 0 Å². The van der Waals surface area contributed by atoms with E-state index in [0.717, 1.165) is 5.69 Å². The smallest absolute Gasteiger partial charge is 0.179 e. The van der Waals surface area contributed by atoms with Gasteiger partial charge in [-0.15, -0.1) is 11.3 Å². The van der Waals surface area contributed by atoms with Crippen LogP contribution in [0.5, 0.6) is 0 Å². The maximum Gasteiger partial charge on any atom is 0.179 e. The second-order valence-electron chi connectivity index (χ2n) is 15.3. The monoisotopic (exact) mass is 772 g/mol. The molecule has 0 unspecified atom stereocenters. The molecule has 2 nitrogen and oxygen atoms in total. The summed E-state index contributed by atoms with van der Waals surface area (Å²) in [5, 5.41) is 13.2. The molecule has 0 spiro atoms. The molecule has 0 aliphatic rings. The SMILES string of the molecule is c1ccc(-n2c3ccccc3c3cc(-n4c5ccccc5c5ccc([Si](c6ccccc6)(c6ccccc6)c6ccc7sc8ccccc8c7c6)cc54)ccc32)cc1. The van der Waals surface area contributed by atoms with Gasteiger partial charge in [0.05, 0.1) is 22.1 Å². The Balaban J connectivity index is 1.17. The van der Waals surface area contributed by atoms with Gasteiger partial charge in [-0.25, -0.2) is 0 Å². The standard InChI is InChI=1S/C54H36N2SSi/c1-4-16-37(17-5-1)55-50-26-14-11-23-44(50)47-34-38(28-32-51(47)55)56-49-25-13-10-22-43(49)45-31-29-42(36-52(45)56)58(39-18-6-2-7-19-39,40-20-8-3-9-21-40)41-30-33-54-48(35-41)46-24-12-15-27-53(46)57-54/h1-36H. The molecule has 4 heteroatoms. The van der Waals surface area contributed by atoms with Crippen LogP contribution in [0.1, 0.15) is 0 Å². The van der Waals surface area contributed by atoms with Crippen molar-refractivity contribution in [1.82, 2.24) is 9.13 Å². The zero-order valence-electron chi connectivity index (χ0n) is 31.6. The van der Waals surface area contributed by atoms with Crippen molar-refractivity contribution in [2.75, 3.05) is 0 Å². The predicted octanol–water partition coefficient (Wildman–Crippen LogP) is 11.6. The van der Waals surface area contributed by atoms with Gasteiger partial charge >= 0.3 is 0 Å². The van der Waals surface area contributed by atoms with Crippen LogP contribution in [-0.4, -0.2) is 17.2 Å². The second kappa shape index (κ2) is 13.0. The molecular weight excluding hydrogens is 737 g/mol. The maximum absolute atomic E-state index is 2.89. The van der Waals surface area contributed by atoms with Crippen molar-refractivity contribution in [2.45, 2.75) is 0 Å². The van der Waals surface area contributed by atoms with Gasteiger partial charge in [-0.3, -0.25) is 0 Å². The predicted molar refractivity (Wildman–Crippen MR) is 252 cm³/mol. The van der Waals surface area contributed by atoms with E-state index in [1.807, 2.05) is 11.3 Å². The Kier molecular flexibility index (Phi) is 7.46. The molecule has 0 aliphatic heterocycles. The van der Waals surface area contributed by atoms with E-state index in [2.05, 4.69) is 228 Å². The molecule has 0 N–H and O–H groups in total. The van der Waals surface area contributed by atoms with Crippen LogP contribution in [0.25, 0.3) is 75.2 Å². The Morgan fingerprint density at radius 1 is 0.276 bits per heavy atom. The Hall–Kier alpha value is -6.98. The number of benzene rings is 9. The molecule has 0 saturated carbocycles. The van der Waals surface area contributed by atoms with Crippen LogP contribution in [0.3, 0.4) is 0 Å². The van der Waals surface area contributed by atoms with Crippen LogP contribution >= 0.6 is 11.3 Å². The van der Waals surface area contributed by atoms with Gasteiger partial charge in [0.2, 0.25) is 0 Å². The molecule has 0 atom stereocenters. The Morgan fingerprint density at radius 3 is 1.48 bits per heavy atom. The molecule has 0 amide bonds. The molecule has 58 heavy (non-hydrogen) atoms. The fraction of sp³-hybridized carbons (Fsp3) is 0. The third-order valence-corrected chi connectivity index (χ3v) is 18.2. The third-order valence-electron chi connectivity index (χ3n) is 12.3. The summed E-state index contributed by atoms with van der Waals surface area (Å²) in [6.07, 6.45) is 0. The lowest BCUT2D eigenvalue weighted by Gasteiger charge is -2.34. The molecule has 0 radical (unpaired) electrons. The number of rotatable bonds is 6. The second-order valence-corrected chi connectivity index (χ2v) is 20.2. The largest absolute Gasteiger partial charge is 0.309 e. The van der Waals surface area contributed by atoms with Crippen LogP contribution in [-0.2, 0) is 0 Å². The van der Waals surface area contributed by atoms with Gasteiger partial charge in [-0.1, -0.05) is 158 Å². The molecule has 0 aliphatic carbocycles. The zero-order valence-corrected chi connectivity index (χ0v) is 33.4. The van der Waals surface area contributed by atoms with Crippen molar-refractivity contribution in [1.29, 1.82) is 0 Å². The first-order valence-corrected chi connectivity index (χ1v) is 22.7. The van der Waals surface area contributed by atoms with Crippen LogP contribution < -0.4 is 20.7 Å². The lowest BCUT2D eigenvalue weighted by molar-refractivity contribution is 1.17. The van der Waals surface area contributed by atoms with E-state index in [1.165, 1.54) is 90.2 Å². The molecule has 0 saturated heterocycles. The van der Waals surface area contributed by atoms with Gasteiger partial charge in [0.15, 0.2) is 8.07 Å². The minimum absolute atomic E-state index is 1.16. The van der Waals surface area contributed by atoms with Crippen LogP contribution in [0.15, 0.2) is 218 Å². The summed E-state index contributed by atoms with van der Waals surface area (Å²) in [7, 11) is -2.89. The highest BCUT2D eigenvalue weighted by atomic mass is 32.1. The minimum atomic E-state index is -2.89. The van der Waals surface area contributed by atoms with Gasteiger partial charge in [-0.05, 0) is 81.4 Å². The van der Waals surface area contributed by atoms with Crippen molar-refractivity contribution in [3.63, 3.8) is 0 Å². The number of fused-ring (bicyclic) bond motifs is 9. The van der Waals surface area contributed by atoms with Gasteiger partial charge < -0.3 is 9.13 Å². The van der Waals surface area contributed by atoms with Crippen LogP contribution in [0.2, 0.25) is 0 Å². The summed E-state index contributed by atoms with van der Waals surface area (Å²) < 4.78 is 7.56. The lowest BCUT2D eigenvalue weighted by Crippen LogP contribution is -2.74. The summed E-state index contributed by atoms with van der Waals surface area (Å²) in [5.41, 5.74) is 7.16. The number of nitrogens with zero attached hydrogens (tertiary/aromatic N) is 2. The van der Waals surface area contributed by atoms with Crippen molar-refractivity contribution in [3.05, 3.63) is 218 Å². The highest BCUT2D eigenvalue weighted by Crippen LogP contribution is 2.37. The van der Waals surface area contributed by atoms with E-state index in [-0.39, 0.29) is 0 Å². The molecule has 3 aromatic heterocycles. The van der Waals surface area contributed by atoms with Crippen LogP contribution in [0.4, 0.5) is 0 Å². The Bertz CT molecular complexity index is 3470. The molecule has 9 aromatic carbocycles. The maximum atomic E-state index is 2.54. The molecule has 3 heterocycles. The topological polar surface area (TPSA) is 9.86 Å². The highest BCUT2D eigenvalue weighted by Gasteiger charge is 2.42. The van der Waals surface area contributed by atoms with Crippen molar-refractivity contribution < 1.29 is 0 Å². The third kappa shape index (κ3) is 4.83. The van der Waals surface area contributed by atoms with Gasteiger partial charge in [0, 0.05) is 53.1 Å². The van der Waals surface area contributed by atoms with E-state index < -0.39 is 8.07 Å². The van der Waals surface area contributed by atoms with E-state index in [1.54, 1.807) is 0 Å². The molecule has 12 rings (SSSR count). The average Bonchev–Trinajstić information content (AvgIpc) is 3.95. The lowest BCUT2D eigenvalue weighted by atomic mass is 10.1. The number of hydrogen-bond donors (Lipinski definition) is 0. The number of para-hydroxylation sites is 3. The quantitative estimate of drug-likeness (QED) is 0.118. The summed E-state index contributed by atoms with van der Waals surface area (Å²) in [6.45, 7) is 0. The first-order valence-electron chi connectivity index (χ1n) is 19.9. The minimum Gasteiger partial charge on any atom is -0.309 e. The molecule has 0 fully saturated rings. The number of aromatic nitrogens is 2. The fourth-order valence-electron chi connectivity index (χ4n) is 9.77. The molecule has 0 bridgehead atoms. The van der Waals surface area contributed by atoms with E-state index in [4.69, 9.17) is 0 Å². The number of thiophene rings is 1. The summed E-state index contributed by atoms with van der Waals surface area (Å²) >= 11 is 1.88. The first kappa shape index (κ1) is 33.2. The van der Waals surface area contributed by atoms with Crippen molar-refractivity contribution in [3.8, 4) is 11.4 Å². The van der Waals surface area contributed by atoms with Crippen molar-refractivity contribution >= 4 is 104 Å². The fourth-order valence-corrected chi connectivity index (χ4v) is 15.6. The van der Waals surface area contributed by atoms with E-state index in [0.29, 0.717) is 0 Å². The molecule has 12 aromatic rings. The summed E-state index contributed by atoms with van der Waals surface area (Å²) in [6, 6.07) is 81.7. The Labute approximate surface area is 341 Å². The van der Waals surface area contributed by atoms with Gasteiger partial charge in [0.25, 0.3) is 0 Å². The van der Waals surface area contributed by atoms with Crippen LogP contribution in [0, 0.1) is 0 Å². The van der Waals surface area contributed by atoms with E-state index >= 15 is 0 Å². The summed E-state index contributed by atoms with van der Waals surface area (Å²) in [5.74, 6) is 0. The first-order chi connectivity index (χ1) is 28.8. The average molecular weight is 773 g/mol. The van der Waals surface area contributed by atoms with E-state index in [9.17, 15) is 0 Å². The molecule has 272 valence electrons. The molecular formula is C54H36N2SSi. The summed E-state index contributed by atoms with van der Waals surface area (Å²) in [4.78, 5) is 0. The number of hydrogen-bond acceptors (Lipinski definition) is 1.